The topological polar surface area (TPSA) is 100 Å². The van der Waals surface area contributed by atoms with Gasteiger partial charge in [0.25, 0.3) is 17.6 Å². The molecule has 2 heterocycles. The fourth-order valence-electron chi connectivity index (χ4n) is 4.95. The number of aryl methyl sites for hydroxylation is 1. The molecule has 210 valence electrons. The van der Waals surface area contributed by atoms with Crippen LogP contribution in [0.4, 0.5) is 0 Å². The van der Waals surface area contributed by atoms with E-state index in [1.54, 1.807) is 45.2 Å². The summed E-state index contributed by atoms with van der Waals surface area (Å²) in [5, 5.41) is 0. The van der Waals surface area contributed by atoms with E-state index in [0.717, 1.165) is 16.9 Å². The number of nitrogens with zero attached hydrogens (tertiary/aromatic N) is 3. The summed E-state index contributed by atoms with van der Waals surface area (Å²) in [5.41, 5.74) is 2.73. The molecule has 0 N–H and O–H groups in total. The fourth-order valence-corrected chi connectivity index (χ4v) is 6.58. The van der Waals surface area contributed by atoms with Crippen LogP contribution in [0.3, 0.4) is 0 Å². The number of hydrogen-bond donors (Lipinski definition) is 0. The van der Waals surface area contributed by atoms with E-state index in [2.05, 4.69) is 9.13 Å². The second kappa shape index (κ2) is 12.9. The number of aromatic nitrogens is 2. The SMILES string of the molecule is CCOP(=O)(CCCOc1ccc2c(c1)n(CC)c(CN1C(=O)c3ccccc3C1=O)[n+]2CCOC)OCC. The fraction of sp³-hybridized carbons (Fsp3) is 0.464. The maximum atomic E-state index is 13.1. The highest BCUT2D eigenvalue weighted by Gasteiger charge is 2.38. The Bertz CT molecular complexity index is 1340. The minimum atomic E-state index is -3.11. The minimum Gasteiger partial charge on any atom is -0.493 e. The molecule has 0 fully saturated rings. The van der Waals surface area contributed by atoms with Crippen molar-refractivity contribution in [3.8, 4) is 5.75 Å². The number of imide groups is 1. The standard InChI is InChI=1S/C28H37N3O7P/c1-5-29-25-19-21(36-16-10-18-39(34,37-6-2)38-7-3)13-14-24(25)30(15-17-35-4)26(29)20-31-27(32)22-11-8-9-12-23(22)28(31)33/h8-9,11-14,19H,5-7,10,15-18,20H2,1-4H3/q+1. The van der Waals surface area contributed by atoms with Crippen LogP contribution in [0.1, 0.15) is 53.7 Å². The summed E-state index contributed by atoms with van der Waals surface area (Å²) < 4.78 is 39.0. The van der Waals surface area contributed by atoms with Crippen molar-refractivity contribution in [2.45, 2.75) is 46.8 Å². The summed E-state index contributed by atoms with van der Waals surface area (Å²) >= 11 is 0. The molecule has 2 aromatic carbocycles. The molecule has 39 heavy (non-hydrogen) atoms. The summed E-state index contributed by atoms with van der Waals surface area (Å²) in [5.74, 6) is 0.915. The molecule has 0 saturated carbocycles. The van der Waals surface area contributed by atoms with Gasteiger partial charge in [0.2, 0.25) is 0 Å². The highest BCUT2D eigenvalue weighted by molar-refractivity contribution is 7.53. The van der Waals surface area contributed by atoms with Crippen LogP contribution in [0.25, 0.3) is 11.0 Å². The van der Waals surface area contributed by atoms with Crippen molar-refractivity contribution >= 4 is 30.4 Å². The maximum Gasteiger partial charge on any atom is 0.330 e. The molecule has 2 amide bonds. The minimum absolute atomic E-state index is 0.138. The number of amides is 2. The zero-order valence-electron chi connectivity index (χ0n) is 23.1. The second-order valence-corrected chi connectivity index (χ2v) is 11.3. The van der Waals surface area contributed by atoms with Gasteiger partial charge in [-0.1, -0.05) is 12.1 Å². The Morgan fingerprint density at radius 1 is 0.923 bits per heavy atom. The average Bonchev–Trinajstić information content (AvgIpc) is 3.36. The lowest BCUT2D eigenvalue weighted by Gasteiger charge is -2.16. The Kier molecular flexibility index (Phi) is 9.56. The van der Waals surface area contributed by atoms with E-state index < -0.39 is 7.60 Å². The first kappa shape index (κ1) is 29.0. The van der Waals surface area contributed by atoms with Gasteiger partial charge in [0.05, 0.1) is 50.3 Å². The molecule has 0 radical (unpaired) electrons. The average molecular weight is 559 g/mol. The number of rotatable bonds is 15. The van der Waals surface area contributed by atoms with Gasteiger partial charge in [0.15, 0.2) is 11.0 Å². The van der Waals surface area contributed by atoms with E-state index in [-0.39, 0.29) is 24.5 Å². The molecule has 10 nitrogen and oxygen atoms in total. The van der Waals surface area contributed by atoms with Crippen molar-refractivity contribution < 1.29 is 37.2 Å². The molecule has 0 unspecified atom stereocenters. The summed E-state index contributed by atoms with van der Waals surface area (Å²) in [4.78, 5) is 27.5. The molecular formula is C28H37N3O7P+. The van der Waals surface area contributed by atoms with Gasteiger partial charge in [-0.15, -0.1) is 0 Å². The van der Waals surface area contributed by atoms with Crippen molar-refractivity contribution in [2.75, 3.05) is 39.7 Å². The Balaban J connectivity index is 1.59. The van der Waals surface area contributed by atoms with Gasteiger partial charge in [-0.05, 0) is 51.5 Å². The van der Waals surface area contributed by atoms with Crippen LogP contribution in [-0.2, 0) is 38.0 Å². The van der Waals surface area contributed by atoms with Crippen LogP contribution in [-0.4, -0.2) is 61.0 Å². The quantitative estimate of drug-likeness (QED) is 0.118. The van der Waals surface area contributed by atoms with Crippen molar-refractivity contribution in [3.05, 3.63) is 59.4 Å². The van der Waals surface area contributed by atoms with Crippen molar-refractivity contribution in [1.82, 2.24) is 9.47 Å². The molecule has 1 aliphatic heterocycles. The molecule has 0 saturated heterocycles. The number of methoxy groups -OCH3 is 1. The second-order valence-electron chi connectivity index (χ2n) is 9.07. The van der Waals surface area contributed by atoms with E-state index in [1.807, 2.05) is 25.1 Å². The van der Waals surface area contributed by atoms with Gasteiger partial charge in [0.1, 0.15) is 18.8 Å². The molecular weight excluding hydrogens is 521 g/mol. The molecule has 11 heteroatoms. The van der Waals surface area contributed by atoms with Crippen molar-refractivity contribution in [1.29, 1.82) is 0 Å². The lowest BCUT2D eigenvalue weighted by molar-refractivity contribution is -0.682. The number of carbonyl (C=O) groups is 2. The van der Waals surface area contributed by atoms with Gasteiger partial charge >= 0.3 is 7.60 Å². The maximum absolute atomic E-state index is 13.1. The summed E-state index contributed by atoms with van der Waals surface area (Å²) in [6.45, 7) is 8.42. The summed E-state index contributed by atoms with van der Waals surface area (Å²) in [6, 6.07) is 12.7. The van der Waals surface area contributed by atoms with Crippen LogP contribution in [0, 0.1) is 0 Å². The summed E-state index contributed by atoms with van der Waals surface area (Å²) in [7, 11) is -1.47. The first-order chi connectivity index (χ1) is 18.9. The van der Waals surface area contributed by atoms with Gasteiger partial charge in [-0.25, -0.2) is 9.13 Å². The van der Waals surface area contributed by atoms with Gasteiger partial charge < -0.3 is 18.5 Å². The molecule has 0 spiro atoms. The molecule has 3 aromatic rings. The highest BCUT2D eigenvalue weighted by Crippen LogP contribution is 2.48. The lowest BCUT2D eigenvalue weighted by atomic mass is 10.1. The number of fused-ring (bicyclic) bond motifs is 2. The first-order valence-electron chi connectivity index (χ1n) is 13.4. The van der Waals surface area contributed by atoms with Crippen LogP contribution in [0.2, 0.25) is 0 Å². The first-order valence-corrected chi connectivity index (χ1v) is 15.1. The predicted molar refractivity (Wildman–Crippen MR) is 146 cm³/mol. The predicted octanol–water partition coefficient (Wildman–Crippen LogP) is 4.43. The summed E-state index contributed by atoms with van der Waals surface area (Å²) in [6.07, 6.45) is 0.798. The monoisotopic (exact) mass is 558 g/mol. The Morgan fingerprint density at radius 3 is 2.18 bits per heavy atom. The zero-order chi connectivity index (χ0) is 28.0. The number of ether oxygens (including phenoxy) is 2. The van der Waals surface area contributed by atoms with E-state index in [1.165, 1.54) is 4.90 Å². The van der Waals surface area contributed by atoms with E-state index in [0.29, 0.717) is 62.8 Å². The Labute approximate surface area is 228 Å². The van der Waals surface area contributed by atoms with Crippen LogP contribution in [0.5, 0.6) is 5.75 Å². The number of hydrogen-bond acceptors (Lipinski definition) is 7. The van der Waals surface area contributed by atoms with E-state index in [4.69, 9.17) is 18.5 Å². The number of imidazole rings is 1. The van der Waals surface area contributed by atoms with E-state index >= 15 is 0 Å². The molecule has 1 aliphatic rings. The third-order valence-electron chi connectivity index (χ3n) is 6.66. The van der Waals surface area contributed by atoms with Gasteiger partial charge in [-0.3, -0.25) is 19.1 Å². The van der Waals surface area contributed by atoms with Gasteiger partial charge in [0, 0.05) is 13.2 Å². The molecule has 0 aliphatic carbocycles. The third-order valence-corrected chi connectivity index (χ3v) is 8.83. The smallest absolute Gasteiger partial charge is 0.330 e. The largest absolute Gasteiger partial charge is 0.493 e. The molecule has 0 bridgehead atoms. The molecule has 4 rings (SSSR count). The molecule has 0 atom stereocenters. The van der Waals surface area contributed by atoms with E-state index in [9.17, 15) is 14.2 Å². The highest BCUT2D eigenvalue weighted by atomic mass is 31.2. The van der Waals surface area contributed by atoms with Crippen molar-refractivity contribution in [2.24, 2.45) is 0 Å². The molecule has 1 aromatic heterocycles. The normalized spacial score (nSPS) is 13.5. The third kappa shape index (κ3) is 6.09. The van der Waals surface area contributed by atoms with Gasteiger partial charge in [-0.2, -0.15) is 0 Å². The Hall–Kier alpha value is -3.04. The lowest BCUT2D eigenvalue weighted by Crippen LogP contribution is -2.43. The zero-order valence-corrected chi connectivity index (χ0v) is 23.9. The van der Waals surface area contributed by atoms with Crippen LogP contribution in [0.15, 0.2) is 42.5 Å². The number of benzene rings is 2. The van der Waals surface area contributed by atoms with Crippen molar-refractivity contribution in [3.63, 3.8) is 0 Å². The number of carbonyl (C=O) groups excluding carboxylic acids is 2. The Morgan fingerprint density at radius 2 is 1.59 bits per heavy atom. The van der Waals surface area contributed by atoms with Crippen LogP contribution >= 0.6 is 7.60 Å². The van der Waals surface area contributed by atoms with Crippen LogP contribution < -0.4 is 9.30 Å².